The van der Waals surface area contributed by atoms with Gasteiger partial charge in [-0.25, -0.2) is 9.59 Å². The van der Waals surface area contributed by atoms with E-state index in [1.807, 2.05) is 13.8 Å². The molecule has 3 rings (SSSR count). The van der Waals surface area contributed by atoms with Gasteiger partial charge in [0.1, 0.15) is 11.3 Å². The lowest BCUT2D eigenvalue weighted by Gasteiger charge is -2.18. The molecule has 1 heterocycles. The highest BCUT2D eigenvalue weighted by molar-refractivity contribution is 6.31. The predicted octanol–water partition coefficient (Wildman–Crippen LogP) is 3.11. The van der Waals surface area contributed by atoms with Gasteiger partial charge in [-0.15, -0.1) is 0 Å². The van der Waals surface area contributed by atoms with Crippen molar-refractivity contribution in [2.45, 2.75) is 26.4 Å². The molecule has 0 amide bonds. The van der Waals surface area contributed by atoms with E-state index in [-0.39, 0.29) is 28.7 Å². The lowest BCUT2D eigenvalue weighted by Crippen LogP contribution is -2.28. The largest absolute Gasteiger partial charge is 0.459 e. The van der Waals surface area contributed by atoms with Gasteiger partial charge < -0.3 is 15.2 Å². The third kappa shape index (κ3) is 3.60. The van der Waals surface area contributed by atoms with Crippen molar-refractivity contribution in [1.29, 1.82) is 0 Å². The van der Waals surface area contributed by atoms with Gasteiger partial charge >= 0.3 is 11.9 Å². The lowest BCUT2D eigenvalue weighted by molar-refractivity contribution is -0.130. The third-order valence-electron chi connectivity index (χ3n) is 4.35. The first-order valence-corrected chi connectivity index (χ1v) is 8.59. The molecule has 1 atom stereocenters. The Hall–Kier alpha value is -3.41. The van der Waals surface area contributed by atoms with E-state index in [0.29, 0.717) is 17.5 Å². The van der Waals surface area contributed by atoms with Crippen LogP contribution in [0.15, 0.2) is 54.1 Å². The Bertz CT molecular complexity index is 943. The summed E-state index contributed by atoms with van der Waals surface area (Å²) in [6.07, 6.45) is 0.535. The molecule has 2 aromatic rings. The lowest BCUT2D eigenvalue weighted by atomic mass is 9.95. The molecule has 6 nitrogen and oxygen atoms in total. The maximum Gasteiger partial charge on any atom is 0.349 e. The monoisotopic (exact) mass is 365 g/mol. The molecule has 0 aromatic heterocycles. The summed E-state index contributed by atoms with van der Waals surface area (Å²) in [7, 11) is 0. The average molecular weight is 365 g/mol. The molecule has 27 heavy (non-hydrogen) atoms. The molecule has 0 bridgehead atoms. The van der Waals surface area contributed by atoms with E-state index in [1.54, 1.807) is 48.5 Å². The second-order valence-electron chi connectivity index (χ2n) is 6.21. The van der Waals surface area contributed by atoms with Gasteiger partial charge in [-0.2, -0.15) is 0 Å². The molecule has 0 spiro atoms. The number of hydrogen-bond acceptors (Lipinski definition) is 6. The highest BCUT2D eigenvalue weighted by Gasteiger charge is 2.33. The molecule has 1 unspecified atom stereocenters. The number of benzene rings is 2. The number of ketones is 1. The topological polar surface area (TPSA) is 95.7 Å². The number of carbonyl (C=O) groups is 3. The predicted molar refractivity (Wildman–Crippen MR) is 99.1 cm³/mol. The van der Waals surface area contributed by atoms with Crippen LogP contribution in [-0.4, -0.2) is 23.8 Å². The fourth-order valence-corrected chi connectivity index (χ4v) is 2.62. The Morgan fingerprint density at radius 2 is 1.70 bits per heavy atom. The summed E-state index contributed by atoms with van der Waals surface area (Å²) in [4.78, 5) is 37.0. The number of nitrogens with two attached hydrogens (primary N) is 1. The van der Waals surface area contributed by atoms with Crippen molar-refractivity contribution in [3.05, 3.63) is 70.8 Å². The minimum Gasteiger partial charge on any atom is -0.459 e. The molecule has 0 fully saturated rings. The Balaban J connectivity index is 1.91. The van der Waals surface area contributed by atoms with Crippen molar-refractivity contribution in [2.75, 3.05) is 0 Å². The number of para-hydroxylation sites is 1. The number of esters is 2. The van der Waals surface area contributed by atoms with Gasteiger partial charge in [-0.1, -0.05) is 31.2 Å². The number of carbonyl (C=O) groups excluding carboxylic acids is 3. The number of ether oxygens (including phenoxy) is 2. The van der Waals surface area contributed by atoms with Crippen LogP contribution in [0.1, 0.15) is 46.5 Å². The summed E-state index contributed by atoms with van der Waals surface area (Å²) in [6.45, 7) is 3.74. The third-order valence-corrected chi connectivity index (χ3v) is 4.35. The highest BCUT2D eigenvalue weighted by atomic mass is 16.5. The van der Waals surface area contributed by atoms with Gasteiger partial charge in [0, 0.05) is 0 Å². The smallest absolute Gasteiger partial charge is 0.349 e. The minimum atomic E-state index is -0.795. The molecule has 1 aliphatic heterocycles. The summed E-state index contributed by atoms with van der Waals surface area (Å²) < 4.78 is 10.5. The summed E-state index contributed by atoms with van der Waals surface area (Å²) in [6, 6.07) is 12.7. The summed E-state index contributed by atoms with van der Waals surface area (Å²) >= 11 is 0. The van der Waals surface area contributed by atoms with Crippen molar-refractivity contribution in [3.8, 4) is 5.75 Å². The average Bonchev–Trinajstić information content (AvgIpc) is 2.67. The molecular formula is C21H19NO5. The van der Waals surface area contributed by atoms with Gasteiger partial charge in [-0.3, -0.25) is 4.79 Å². The van der Waals surface area contributed by atoms with E-state index in [4.69, 9.17) is 15.2 Å². The molecule has 0 radical (unpaired) electrons. The number of rotatable bonds is 4. The van der Waals surface area contributed by atoms with Crippen LogP contribution in [0, 0.1) is 0 Å². The van der Waals surface area contributed by atoms with Gasteiger partial charge in [0.05, 0.1) is 22.9 Å². The Labute approximate surface area is 156 Å². The van der Waals surface area contributed by atoms with Crippen LogP contribution in [0.3, 0.4) is 0 Å². The Morgan fingerprint density at radius 3 is 2.37 bits per heavy atom. The molecule has 6 heteroatoms. The zero-order valence-corrected chi connectivity index (χ0v) is 15.0. The highest BCUT2D eigenvalue weighted by Crippen LogP contribution is 2.30. The first-order chi connectivity index (χ1) is 12.9. The molecule has 1 aliphatic rings. The van der Waals surface area contributed by atoms with Crippen molar-refractivity contribution in [3.63, 3.8) is 0 Å². The van der Waals surface area contributed by atoms with Gasteiger partial charge in [0.25, 0.3) is 0 Å². The quantitative estimate of drug-likeness (QED) is 0.387. The molecule has 2 aromatic carbocycles. The Kier molecular flexibility index (Phi) is 5.07. The van der Waals surface area contributed by atoms with Crippen molar-refractivity contribution >= 4 is 23.4 Å². The van der Waals surface area contributed by atoms with Crippen LogP contribution in [0.5, 0.6) is 5.75 Å². The zero-order valence-electron chi connectivity index (χ0n) is 15.0. The van der Waals surface area contributed by atoms with E-state index >= 15 is 0 Å². The molecule has 0 aliphatic carbocycles. The number of Topliss-reactive ketones (excluding diaryl/α,β-unsaturated/α-hetero) is 1. The van der Waals surface area contributed by atoms with E-state index in [0.717, 1.165) is 0 Å². The second-order valence-corrected chi connectivity index (χ2v) is 6.21. The zero-order chi connectivity index (χ0) is 19.6. The SMILES string of the molecule is CCC(C)OC(=O)c1ccc(/C(N)=C2/C(=O)Oc3ccccc3C2=O)cc1. The maximum atomic E-state index is 12.7. The van der Waals surface area contributed by atoms with E-state index in [2.05, 4.69) is 0 Å². The van der Waals surface area contributed by atoms with Crippen molar-refractivity contribution in [1.82, 2.24) is 0 Å². The standard InChI is InChI=1S/C21H19NO5/c1-3-12(2)26-20(24)14-10-8-13(9-11-14)18(22)17-19(23)15-6-4-5-7-16(15)27-21(17)25/h4-12H,3,22H2,1-2H3/b18-17-. The van der Waals surface area contributed by atoms with Crippen LogP contribution >= 0.6 is 0 Å². The van der Waals surface area contributed by atoms with Gasteiger partial charge in [0.2, 0.25) is 5.78 Å². The van der Waals surface area contributed by atoms with E-state index in [1.165, 1.54) is 0 Å². The minimum absolute atomic E-state index is 0.00125. The first-order valence-electron chi connectivity index (χ1n) is 8.59. The van der Waals surface area contributed by atoms with E-state index in [9.17, 15) is 14.4 Å². The summed E-state index contributed by atoms with van der Waals surface area (Å²) in [5.74, 6) is -1.51. The van der Waals surface area contributed by atoms with Crippen LogP contribution < -0.4 is 10.5 Å². The van der Waals surface area contributed by atoms with Crippen LogP contribution in [0.2, 0.25) is 0 Å². The fraction of sp³-hybridized carbons (Fsp3) is 0.190. The van der Waals surface area contributed by atoms with Gasteiger partial charge in [0.15, 0.2) is 0 Å². The first kappa shape index (κ1) is 18.4. The van der Waals surface area contributed by atoms with Crippen LogP contribution in [0.4, 0.5) is 0 Å². The van der Waals surface area contributed by atoms with Crippen LogP contribution in [-0.2, 0) is 9.53 Å². The van der Waals surface area contributed by atoms with Crippen molar-refractivity contribution in [2.24, 2.45) is 5.73 Å². The summed E-state index contributed by atoms with van der Waals surface area (Å²) in [5, 5.41) is 0. The normalized spacial score (nSPS) is 16.2. The maximum absolute atomic E-state index is 12.7. The van der Waals surface area contributed by atoms with E-state index < -0.39 is 17.7 Å². The molecule has 2 N–H and O–H groups in total. The molecule has 0 saturated carbocycles. The molecular weight excluding hydrogens is 346 g/mol. The van der Waals surface area contributed by atoms with Crippen molar-refractivity contribution < 1.29 is 23.9 Å². The molecule has 0 saturated heterocycles. The number of fused-ring (bicyclic) bond motifs is 1. The Morgan fingerprint density at radius 1 is 1.07 bits per heavy atom. The summed E-state index contributed by atoms with van der Waals surface area (Å²) in [5.41, 5.74) is 6.94. The van der Waals surface area contributed by atoms with Gasteiger partial charge in [-0.05, 0) is 43.2 Å². The second kappa shape index (κ2) is 7.45. The fourth-order valence-electron chi connectivity index (χ4n) is 2.62. The number of hydrogen-bond donors (Lipinski definition) is 1. The van der Waals surface area contributed by atoms with Crippen LogP contribution in [0.25, 0.3) is 5.70 Å². The molecule has 138 valence electrons.